The Kier molecular flexibility index (Phi) is 5.73. The second-order valence-corrected chi connectivity index (χ2v) is 4.84. The van der Waals surface area contributed by atoms with Gasteiger partial charge in [0.25, 0.3) is 0 Å². The molecule has 2 aromatic rings. The van der Waals surface area contributed by atoms with Gasteiger partial charge in [0, 0.05) is 6.08 Å². The van der Waals surface area contributed by atoms with E-state index in [1.807, 2.05) is 24.3 Å². The number of carbonyl (C=O) groups excluding carboxylic acids is 1. The first-order valence-corrected chi connectivity index (χ1v) is 7.32. The lowest BCUT2D eigenvalue weighted by Crippen LogP contribution is -2.07. The number of methoxy groups -OCH3 is 1. The minimum Gasteiger partial charge on any atom is -0.497 e. The van der Waals surface area contributed by atoms with Crippen molar-refractivity contribution >= 4 is 18.0 Å². The molecule has 0 saturated heterocycles. The summed E-state index contributed by atoms with van der Waals surface area (Å²) in [6.45, 7) is 2.31. The minimum absolute atomic E-state index is 0.0176. The van der Waals surface area contributed by atoms with Crippen LogP contribution < -0.4 is 4.74 Å². The van der Waals surface area contributed by atoms with Crippen LogP contribution in [0.15, 0.2) is 36.5 Å². The molecule has 24 heavy (non-hydrogen) atoms. The van der Waals surface area contributed by atoms with Crippen LogP contribution in [0.3, 0.4) is 0 Å². The van der Waals surface area contributed by atoms with Crippen molar-refractivity contribution in [1.82, 2.24) is 9.78 Å². The van der Waals surface area contributed by atoms with Crippen LogP contribution in [0.2, 0.25) is 0 Å². The number of rotatable bonds is 7. The van der Waals surface area contributed by atoms with Crippen molar-refractivity contribution in [2.24, 2.45) is 0 Å². The first-order valence-electron chi connectivity index (χ1n) is 7.32. The van der Waals surface area contributed by atoms with E-state index in [1.54, 1.807) is 14.0 Å². The third-order valence-corrected chi connectivity index (χ3v) is 3.27. The Morgan fingerprint density at radius 2 is 2.00 bits per heavy atom. The molecule has 7 heteroatoms. The van der Waals surface area contributed by atoms with E-state index in [4.69, 9.17) is 9.47 Å². The van der Waals surface area contributed by atoms with Crippen LogP contribution in [0.5, 0.6) is 5.75 Å². The quantitative estimate of drug-likeness (QED) is 0.618. The number of hydrogen-bond donors (Lipinski definition) is 1. The van der Waals surface area contributed by atoms with Gasteiger partial charge in [-0.05, 0) is 30.7 Å². The van der Waals surface area contributed by atoms with Gasteiger partial charge in [0.15, 0.2) is 0 Å². The van der Waals surface area contributed by atoms with Crippen molar-refractivity contribution in [3.8, 4) is 5.75 Å². The molecule has 0 saturated carbocycles. The largest absolute Gasteiger partial charge is 0.497 e. The van der Waals surface area contributed by atoms with Gasteiger partial charge in [0.1, 0.15) is 11.3 Å². The molecule has 0 atom stereocenters. The Hall–Kier alpha value is -3.09. The van der Waals surface area contributed by atoms with Crippen LogP contribution >= 0.6 is 0 Å². The fourth-order valence-electron chi connectivity index (χ4n) is 2.10. The predicted molar refractivity (Wildman–Crippen MR) is 86.9 cm³/mol. The lowest BCUT2D eigenvalue weighted by molar-refractivity contribution is -0.137. The lowest BCUT2D eigenvalue weighted by atomic mass is 10.2. The molecule has 0 aliphatic heterocycles. The molecule has 1 heterocycles. The normalized spacial score (nSPS) is 10.8. The third kappa shape index (κ3) is 4.22. The molecule has 0 aliphatic carbocycles. The summed E-state index contributed by atoms with van der Waals surface area (Å²) in [5.41, 5.74) is 1.26. The van der Waals surface area contributed by atoms with E-state index in [9.17, 15) is 14.7 Å². The monoisotopic (exact) mass is 330 g/mol. The van der Waals surface area contributed by atoms with Crippen molar-refractivity contribution < 1.29 is 24.2 Å². The highest BCUT2D eigenvalue weighted by atomic mass is 16.5. The summed E-state index contributed by atoms with van der Waals surface area (Å²) in [7, 11) is 1.58. The van der Waals surface area contributed by atoms with Crippen LogP contribution in [-0.4, -0.2) is 40.5 Å². The van der Waals surface area contributed by atoms with Gasteiger partial charge in [-0.3, -0.25) is 4.68 Å². The first kappa shape index (κ1) is 17.3. The number of carboxylic acids is 1. The van der Waals surface area contributed by atoms with Gasteiger partial charge < -0.3 is 14.6 Å². The van der Waals surface area contributed by atoms with Gasteiger partial charge >= 0.3 is 11.9 Å². The first-order chi connectivity index (χ1) is 11.5. The number of aromatic carboxylic acids is 1. The Labute approximate surface area is 139 Å². The SMILES string of the molecule is CCOC(=O)C=Cc1c(C(=O)O)cnn1Cc1ccc(OC)cc1. The molecule has 1 aromatic carbocycles. The Balaban J connectivity index is 2.28. The molecule has 2 rings (SSSR count). The average Bonchev–Trinajstić information content (AvgIpc) is 2.97. The summed E-state index contributed by atoms with van der Waals surface area (Å²) in [5, 5.41) is 13.4. The highest BCUT2D eigenvalue weighted by molar-refractivity contribution is 5.94. The van der Waals surface area contributed by atoms with Crippen LogP contribution in [0, 0.1) is 0 Å². The molecule has 0 amide bonds. The van der Waals surface area contributed by atoms with Crippen LogP contribution in [0.4, 0.5) is 0 Å². The van der Waals surface area contributed by atoms with Crippen LogP contribution in [0.1, 0.15) is 28.5 Å². The fourth-order valence-corrected chi connectivity index (χ4v) is 2.10. The third-order valence-electron chi connectivity index (χ3n) is 3.27. The maximum absolute atomic E-state index is 11.5. The van der Waals surface area contributed by atoms with Crippen molar-refractivity contribution in [3.63, 3.8) is 0 Å². The van der Waals surface area contributed by atoms with E-state index in [2.05, 4.69) is 5.10 Å². The zero-order valence-corrected chi connectivity index (χ0v) is 13.4. The van der Waals surface area contributed by atoms with E-state index in [-0.39, 0.29) is 12.2 Å². The van der Waals surface area contributed by atoms with E-state index >= 15 is 0 Å². The second-order valence-electron chi connectivity index (χ2n) is 4.84. The van der Waals surface area contributed by atoms with Gasteiger partial charge in [-0.25, -0.2) is 9.59 Å². The second kappa shape index (κ2) is 7.96. The van der Waals surface area contributed by atoms with Crippen molar-refractivity contribution in [3.05, 3.63) is 53.4 Å². The summed E-state index contributed by atoms with van der Waals surface area (Å²) < 4.78 is 11.4. The average molecular weight is 330 g/mol. The summed E-state index contributed by atoms with van der Waals surface area (Å²) in [4.78, 5) is 22.8. The molecule has 1 aromatic heterocycles. The molecule has 0 spiro atoms. The molecule has 0 fully saturated rings. The number of nitrogens with zero attached hydrogens (tertiary/aromatic N) is 2. The van der Waals surface area contributed by atoms with Gasteiger partial charge in [0.05, 0.1) is 32.2 Å². The zero-order valence-electron chi connectivity index (χ0n) is 13.4. The van der Waals surface area contributed by atoms with Crippen molar-refractivity contribution in [1.29, 1.82) is 0 Å². The highest BCUT2D eigenvalue weighted by Gasteiger charge is 2.15. The molecular weight excluding hydrogens is 312 g/mol. The van der Waals surface area contributed by atoms with Gasteiger partial charge in [-0.2, -0.15) is 5.10 Å². The molecule has 7 nitrogen and oxygen atoms in total. The predicted octanol–water partition coefficient (Wildman–Crippen LogP) is 2.21. The summed E-state index contributed by atoms with van der Waals surface area (Å²) in [6.07, 6.45) is 3.85. The van der Waals surface area contributed by atoms with Crippen molar-refractivity contribution in [2.45, 2.75) is 13.5 Å². The maximum atomic E-state index is 11.5. The molecular formula is C17H18N2O5. The highest BCUT2D eigenvalue weighted by Crippen LogP contribution is 2.16. The van der Waals surface area contributed by atoms with E-state index in [1.165, 1.54) is 23.0 Å². The Morgan fingerprint density at radius 1 is 1.29 bits per heavy atom. The molecule has 126 valence electrons. The minimum atomic E-state index is -1.11. The Morgan fingerprint density at radius 3 is 2.58 bits per heavy atom. The van der Waals surface area contributed by atoms with E-state index < -0.39 is 11.9 Å². The Bertz CT molecular complexity index is 747. The summed E-state index contributed by atoms with van der Waals surface area (Å²) in [5.74, 6) is -0.918. The number of hydrogen-bond acceptors (Lipinski definition) is 5. The smallest absolute Gasteiger partial charge is 0.339 e. The maximum Gasteiger partial charge on any atom is 0.339 e. The summed E-state index contributed by atoms with van der Waals surface area (Å²) >= 11 is 0. The van der Waals surface area contributed by atoms with Gasteiger partial charge in [-0.1, -0.05) is 12.1 Å². The zero-order chi connectivity index (χ0) is 17.5. The summed E-state index contributed by atoms with van der Waals surface area (Å²) in [6, 6.07) is 7.34. The molecule has 0 bridgehead atoms. The number of benzene rings is 1. The van der Waals surface area contributed by atoms with Gasteiger partial charge in [-0.15, -0.1) is 0 Å². The number of esters is 1. The lowest BCUT2D eigenvalue weighted by Gasteiger charge is -2.07. The topological polar surface area (TPSA) is 90.7 Å². The molecule has 1 N–H and O–H groups in total. The molecule has 0 unspecified atom stereocenters. The standard InChI is InChI=1S/C17H18N2O5/c1-3-24-16(20)9-8-15-14(17(21)22)10-18-19(15)11-12-4-6-13(23-2)7-5-12/h4-10H,3,11H2,1-2H3,(H,21,22). The van der Waals surface area contributed by atoms with Gasteiger partial charge in [0.2, 0.25) is 0 Å². The fraction of sp³-hybridized carbons (Fsp3) is 0.235. The van der Waals surface area contributed by atoms with Crippen LogP contribution in [-0.2, 0) is 16.1 Å². The van der Waals surface area contributed by atoms with Crippen LogP contribution in [0.25, 0.3) is 6.08 Å². The van der Waals surface area contributed by atoms with Crippen molar-refractivity contribution in [2.75, 3.05) is 13.7 Å². The molecule has 0 radical (unpaired) electrons. The molecule has 0 aliphatic rings. The van der Waals surface area contributed by atoms with E-state index in [0.717, 1.165) is 11.3 Å². The number of carboxylic acid groups (broad SMARTS) is 1. The number of aromatic nitrogens is 2. The van der Waals surface area contributed by atoms with E-state index in [0.29, 0.717) is 12.2 Å². The number of ether oxygens (including phenoxy) is 2. The number of carbonyl (C=O) groups is 2.